The quantitative estimate of drug-likeness (QED) is 0.577. The summed E-state index contributed by atoms with van der Waals surface area (Å²) in [5.74, 6) is 1.85. The fraction of sp³-hybridized carbons (Fsp3) is 0.391. The van der Waals surface area contributed by atoms with E-state index in [-0.39, 0.29) is 11.9 Å². The van der Waals surface area contributed by atoms with Crippen molar-refractivity contribution in [3.05, 3.63) is 59.4 Å². The molecule has 1 atom stereocenters. The van der Waals surface area contributed by atoms with E-state index in [0.717, 1.165) is 41.1 Å². The second-order valence-electron chi connectivity index (χ2n) is 7.22. The Balaban J connectivity index is 1.72. The number of ether oxygens (including phenoxy) is 1. The van der Waals surface area contributed by atoms with E-state index in [1.165, 1.54) is 5.56 Å². The van der Waals surface area contributed by atoms with Gasteiger partial charge < -0.3 is 14.6 Å². The number of hydrogen-bond donors (Lipinski definition) is 1. The largest absolute Gasteiger partial charge is 0.493 e. The highest BCUT2D eigenvalue weighted by Gasteiger charge is 2.17. The number of amides is 1. The molecule has 5 heteroatoms. The number of aryl methyl sites for hydroxylation is 3. The lowest BCUT2D eigenvalue weighted by Crippen LogP contribution is -2.28. The molecule has 0 bridgehead atoms. The molecule has 0 radical (unpaired) electrons. The van der Waals surface area contributed by atoms with Crippen molar-refractivity contribution >= 4 is 16.9 Å². The van der Waals surface area contributed by atoms with Gasteiger partial charge in [-0.25, -0.2) is 4.98 Å². The molecule has 1 amide bonds. The van der Waals surface area contributed by atoms with Crippen LogP contribution >= 0.6 is 0 Å². The summed E-state index contributed by atoms with van der Waals surface area (Å²) < 4.78 is 8.18. The summed E-state index contributed by atoms with van der Waals surface area (Å²) >= 11 is 0. The molecule has 0 aliphatic carbocycles. The number of hydrogen-bond acceptors (Lipinski definition) is 3. The number of para-hydroxylation sites is 2. The Morgan fingerprint density at radius 2 is 2.00 bits per heavy atom. The second-order valence-corrected chi connectivity index (χ2v) is 7.22. The van der Waals surface area contributed by atoms with E-state index >= 15 is 0 Å². The van der Waals surface area contributed by atoms with Crippen LogP contribution in [0.1, 0.15) is 49.7 Å². The van der Waals surface area contributed by atoms with E-state index < -0.39 is 0 Å². The van der Waals surface area contributed by atoms with Crippen LogP contribution in [0, 0.1) is 13.8 Å². The van der Waals surface area contributed by atoms with Crippen LogP contribution in [-0.2, 0) is 11.3 Å². The smallest absolute Gasteiger partial charge is 0.220 e. The molecule has 0 aliphatic rings. The minimum absolute atomic E-state index is 0.0317. The van der Waals surface area contributed by atoms with Crippen molar-refractivity contribution in [3.8, 4) is 5.75 Å². The number of aromatic nitrogens is 2. The number of carbonyl (C=O) groups is 1. The van der Waals surface area contributed by atoms with E-state index in [0.29, 0.717) is 13.0 Å². The molecule has 1 aromatic heterocycles. The Labute approximate surface area is 166 Å². The van der Waals surface area contributed by atoms with Gasteiger partial charge in [-0.3, -0.25) is 4.79 Å². The van der Waals surface area contributed by atoms with Gasteiger partial charge in [-0.2, -0.15) is 0 Å². The van der Waals surface area contributed by atoms with E-state index in [9.17, 15) is 4.79 Å². The molecule has 0 saturated carbocycles. The van der Waals surface area contributed by atoms with Crippen molar-refractivity contribution in [2.24, 2.45) is 0 Å². The van der Waals surface area contributed by atoms with E-state index in [2.05, 4.69) is 41.9 Å². The normalized spacial score (nSPS) is 12.1. The first-order chi connectivity index (χ1) is 13.5. The molecular weight excluding hydrogens is 350 g/mol. The van der Waals surface area contributed by atoms with Gasteiger partial charge in [0.05, 0.1) is 23.7 Å². The summed E-state index contributed by atoms with van der Waals surface area (Å²) in [5, 5.41) is 3.02. The third-order valence-electron chi connectivity index (χ3n) is 4.88. The maximum absolute atomic E-state index is 11.8. The molecule has 148 valence electrons. The number of carbonyl (C=O) groups excluding carboxylic acids is 1. The number of imidazole rings is 1. The molecule has 0 fully saturated rings. The minimum Gasteiger partial charge on any atom is -0.493 e. The van der Waals surface area contributed by atoms with Gasteiger partial charge in [0.1, 0.15) is 11.6 Å². The molecule has 2 aromatic carbocycles. The summed E-state index contributed by atoms with van der Waals surface area (Å²) in [6.45, 7) is 9.41. The fourth-order valence-corrected chi connectivity index (χ4v) is 3.43. The zero-order chi connectivity index (χ0) is 20.1. The van der Waals surface area contributed by atoms with Gasteiger partial charge in [0.15, 0.2) is 0 Å². The first kappa shape index (κ1) is 19.9. The van der Waals surface area contributed by atoms with Crippen molar-refractivity contribution in [2.75, 3.05) is 6.61 Å². The lowest BCUT2D eigenvalue weighted by atomic mass is 10.1. The molecular formula is C23H29N3O2. The van der Waals surface area contributed by atoms with Crippen molar-refractivity contribution in [2.45, 2.75) is 53.1 Å². The number of nitrogens with zero attached hydrogens (tertiary/aromatic N) is 2. The Hall–Kier alpha value is -2.82. The van der Waals surface area contributed by atoms with Crippen molar-refractivity contribution in [1.29, 1.82) is 0 Å². The molecule has 3 rings (SSSR count). The Kier molecular flexibility index (Phi) is 6.34. The first-order valence-corrected chi connectivity index (χ1v) is 9.94. The predicted octanol–water partition coefficient (Wildman–Crippen LogP) is 4.71. The molecule has 1 N–H and O–H groups in total. The lowest BCUT2D eigenvalue weighted by Gasteiger charge is -2.16. The van der Waals surface area contributed by atoms with Crippen LogP contribution in [0.5, 0.6) is 5.75 Å². The van der Waals surface area contributed by atoms with Gasteiger partial charge in [-0.1, -0.05) is 36.8 Å². The van der Waals surface area contributed by atoms with Crippen LogP contribution < -0.4 is 10.1 Å². The SMILES string of the molecule is CCC(=O)NC(C)c1nc2ccccc2n1CCCOc1ccc(C)cc1C. The highest BCUT2D eigenvalue weighted by Crippen LogP contribution is 2.22. The third kappa shape index (κ3) is 4.53. The average Bonchev–Trinajstić information content (AvgIpc) is 3.05. The zero-order valence-corrected chi connectivity index (χ0v) is 17.2. The van der Waals surface area contributed by atoms with Crippen molar-refractivity contribution in [3.63, 3.8) is 0 Å². The molecule has 0 saturated heterocycles. The third-order valence-corrected chi connectivity index (χ3v) is 4.88. The number of nitrogens with one attached hydrogen (secondary N) is 1. The van der Waals surface area contributed by atoms with Gasteiger partial charge in [0, 0.05) is 13.0 Å². The second kappa shape index (κ2) is 8.91. The number of rotatable bonds is 8. The van der Waals surface area contributed by atoms with Crippen molar-refractivity contribution in [1.82, 2.24) is 14.9 Å². The van der Waals surface area contributed by atoms with Crippen molar-refractivity contribution < 1.29 is 9.53 Å². The number of fused-ring (bicyclic) bond motifs is 1. The monoisotopic (exact) mass is 379 g/mol. The maximum atomic E-state index is 11.8. The Morgan fingerprint density at radius 3 is 2.75 bits per heavy atom. The van der Waals surface area contributed by atoms with E-state index in [4.69, 9.17) is 9.72 Å². The summed E-state index contributed by atoms with van der Waals surface area (Å²) in [5.41, 5.74) is 4.43. The summed E-state index contributed by atoms with van der Waals surface area (Å²) in [6, 6.07) is 14.2. The molecule has 0 aliphatic heterocycles. The van der Waals surface area contributed by atoms with Crippen LogP contribution in [0.25, 0.3) is 11.0 Å². The van der Waals surface area contributed by atoms with Gasteiger partial charge in [-0.05, 0) is 51.0 Å². The Morgan fingerprint density at radius 1 is 1.21 bits per heavy atom. The predicted molar refractivity (Wildman–Crippen MR) is 113 cm³/mol. The topological polar surface area (TPSA) is 56.2 Å². The molecule has 1 unspecified atom stereocenters. The van der Waals surface area contributed by atoms with Crippen LogP contribution in [0.15, 0.2) is 42.5 Å². The van der Waals surface area contributed by atoms with Crippen LogP contribution in [0.3, 0.4) is 0 Å². The average molecular weight is 380 g/mol. The van der Waals surface area contributed by atoms with Crippen LogP contribution in [0.4, 0.5) is 0 Å². The first-order valence-electron chi connectivity index (χ1n) is 9.94. The lowest BCUT2D eigenvalue weighted by molar-refractivity contribution is -0.121. The maximum Gasteiger partial charge on any atom is 0.220 e. The summed E-state index contributed by atoms with van der Waals surface area (Å²) in [6.07, 6.45) is 1.32. The zero-order valence-electron chi connectivity index (χ0n) is 17.2. The highest BCUT2D eigenvalue weighted by molar-refractivity contribution is 5.77. The van der Waals surface area contributed by atoms with Gasteiger partial charge in [0.25, 0.3) is 0 Å². The van der Waals surface area contributed by atoms with Crippen LogP contribution in [-0.4, -0.2) is 22.1 Å². The minimum atomic E-state index is -0.139. The Bertz CT molecular complexity index is 962. The molecule has 5 nitrogen and oxygen atoms in total. The summed E-state index contributed by atoms with van der Waals surface area (Å²) in [4.78, 5) is 16.6. The molecule has 3 aromatic rings. The number of benzene rings is 2. The standard InChI is InChI=1S/C23H29N3O2/c1-5-22(27)24-18(4)23-25-19-9-6-7-10-20(19)26(23)13-8-14-28-21-12-11-16(2)15-17(21)3/h6-7,9-12,15,18H,5,8,13-14H2,1-4H3,(H,24,27). The molecule has 0 spiro atoms. The van der Waals surface area contributed by atoms with Gasteiger partial charge in [-0.15, -0.1) is 0 Å². The molecule has 28 heavy (non-hydrogen) atoms. The van der Waals surface area contributed by atoms with Crippen LogP contribution in [0.2, 0.25) is 0 Å². The highest BCUT2D eigenvalue weighted by atomic mass is 16.5. The van der Waals surface area contributed by atoms with E-state index in [1.807, 2.05) is 38.1 Å². The van der Waals surface area contributed by atoms with Gasteiger partial charge >= 0.3 is 0 Å². The van der Waals surface area contributed by atoms with E-state index in [1.54, 1.807) is 0 Å². The fourth-order valence-electron chi connectivity index (χ4n) is 3.43. The van der Waals surface area contributed by atoms with Gasteiger partial charge in [0.2, 0.25) is 5.91 Å². The summed E-state index contributed by atoms with van der Waals surface area (Å²) in [7, 11) is 0. The molecule has 1 heterocycles.